The van der Waals surface area contributed by atoms with E-state index in [0.29, 0.717) is 23.7 Å². The van der Waals surface area contributed by atoms with E-state index in [-0.39, 0.29) is 5.91 Å². The molecule has 4 rings (SSSR count). The molecule has 1 aromatic heterocycles. The van der Waals surface area contributed by atoms with Crippen LogP contribution in [0.25, 0.3) is 10.9 Å². The van der Waals surface area contributed by atoms with E-state index in [0.717, 1.165) is 27.8 Å². The maximum Gasteiger partial charge on any atom is 0.251 e. The molecule has 0 spiro atoms. The molecule has 0 aliphatic rings. The quantitative estimate of drug-likeness (QED) is 0.507. The molecule has 29 heavy (non-hydrogen) atoms. The number of fused-ring (bicyclic) bond motifs is 1. The standard InChI is InChI=1S/C23H20ClN3O2/c1-29-21-7-3-4-16(11-21)13-25-23(28)18-8-9-19-14-26-27(22(19)12-18)15-17-5-2-6-20(24)10-17/h2-12,14H,13,15H2,1H3,(H,25,28). The molecule has 0 atom stereocenters. The molecule has 1 amide bonds. The molecule has 1 N–H and O–H groups in total. The van der Waals surface area contributed by atoms with Crippen molar-refractivity contribution in [2.45, 2.75) is 13.1 Å². The van der Waals surface area contributed by atoms with E-state index in [1.54, 1.807) is 13.3 Å². The van der Waals surface area contributed by atoms with Gasteiger partial charge in [-0.1, -0.05) is 41.9 Å². The Morgan fingerprint density at radius 2 is 1.90 bits per heavy atom. The molecule has 0 aliphatic heterocycles. The van der Waals surface area contributed by atoms with Gasteiger partial charge >= 0.3 is 0 Å². The Morgan fingerprint density at radius 3 is 2.72 bits per heavy atom. The van der Waals surface area contributed by atoms with Crippen LogP contribution in [0, 0.1) is 0 Å². The van der Waals surface area contributed by atoms with Crippen molar-refractivity contribution in [2.24, 2.45) is 0 Å². The van der Waals surface area contributed by atoms with Crippen molar-refractivity contribution in [3.63, 3.8) is 0 Å². The van der Waals surface area contributed by atoms with Gasteiger partial charge in [-0.3, -0.25) is 9.48 Å². The number of nitrogens with one attached hydrogen (secondary N) is 1. The van der Waals surface area contributed by atoms with Crippen LogP contribution in [0.5, 0.6) is 5.75 Å². The van der Waals surface area contributed by atoms with Crippen LogP contribution >= 0.6 is 11.6 Å². The maximum atomic E-state index is 12.7. The maximum absolute atomic E-state index is 12.7. The largest absolute Gasteiger partial charge is 0.497 e. The van der Waals surface area contributed by atoms with E-state index in [1.807, 2.05) is 71.4 Å². The van der Waals surface area contributed by atoms with Crippen LogP contribution in [0.4, 0.5) is 0 Å². The van der Waals surface area contributed by atoms with Crippen LogP contribution in [0.2, 0.25) is 5.02 Å². The summed E-state index contributed by atoms with van der Waals surface area (Å²) < 4.78 is 7.10. The first-order chi connectivity index (χ1) is 14.1. The van der Waals surface area contributed by atoms with Crippen LogP contribution in [0.15, 0.2) is 72.9 Å². The van der Waals surface area contributed by atoms with Crippen LogP contribution < -0.4 is 10.1 Å². The first-order valence-electron chi connectivity index (χ1n) is 9.23. The topological polar surface area (TPSA) is 56.1 Å². The van der Waals surface area contributed by atoms with Crippen molar-refractivity contribution in [3.05, 3.63) is 94.6 Å². The molecule has 6 heteroatoms. The minimum absolute atomic E-state index is 0.134. The van der Waals surface area contributed by atoms with E-state index in [1.165, 1.54) is 0 Å². The zero-order valence-electron chi connectivity index (χ0n) is 15.9. The number of hydrogen-bond donors (Lipinski definition) is 1. The molecular formula is C23H20ClN3O2. The van der Waals surface area contributed by atoms with Gasteiger partial charge in [-0.05, 0) is 47.5 Å². The van der Waals surface area contributed by atoms with Gasteiger partial charge in [-0.25, -0.2) is 0 Å². The van der Waals surface area contributed by atoms with E-state index >= 15 is 0 Å². The molecule has 0 fully saturated rings. The summed E-state index contributed by atoms with van der Waals surface area (Å²) in [4.78, 5) is 12.7. The van der Waals surface area contributed by atoms with Crippen molar-refractivity contribution in [2.75, 3.05) is 7.11 Å². The van der Waals surface area contributed by atoms with E-state index in [4.69, 9.17) is 16.3 Å². The van der Waals surface area contributed by atoms with E-state index in [9.17, 15) is 4.79 Å². The molecule has 0 unspecified atom stereocenters. The fourth-order valence-corrected chi connectivity index (χ4v) is 3.43. The third-order valence-corrected chi connectivity index (χ3v) is 4.95. The van der Waals surface area contributed by atoms with Gasteiger partial charge in [0.1, 0.15) is 5.75 Å². The zero-order valence-corrected chi connectivity index (χ0v) is 16.7. The Labute approximate surface area is 173 Å². The highest BCUT2D eigenvalue weighted by molar-refractivity contribution is 6.30. The van der Waals surface area contributed by atoms with Crippen molar-refractivity contribution in [1.82, 2.24) is 15.1 Å². The highest BCUT2D eigenvalue weighted by Gasteiger charge is 2.10. The lowest BCUT2D eigenvalue weighted by Gasteiger charge is -2.08. The highest BCUT2D eigenvalue weighted by atomic mass is 35.5. The van der Waals surface area contributed by atoms with Gasteiger partial charge in [0.15, 0.2) is 0 Å². The number of carbonyl (C=O) groups is 1. The third kappa shape index (κ3) is 4.41. The van der Waals surface area contributed by atoms with Crippen molar-refractivity contribution in [3.8, 4) is 5.75 Å². The molecule has 0 saturated carbocycles. The Balaban J connectivity index is 1.52. The number of rotatable bonds is 6. The summed E-state index contributed by atoms with van der Waals surface area (Å²) in [5.41, 5.74) is 3.52. The summed E-state index contributed by atoms with van der Waals surface area (Å²) in [7, 11) is 1.62. The number of benzene rings is 3. The summed E-state index contributed by atoms with van der Waals surface area (Å²) in [6.45, 7) is 1.01. The first-order valence-corrected chi connectivity index (χ1v) is 9.61. The molecule has 146 valence electrons. The Morgan fingerprint density at radius 1 is 1.07 bits per heavy atom. The smallest absolute Gasteiger partial charge is 0.251 e. The summed E-state index contributed by atoms with van der Waals surface area (Å²) in [5, 5.41) is 9.09. The lowest BCUT2D eigenvalue weighted by Crippen LogP contribution is -2.22. The van der Waals surface area contributed by atoms with Crippen molar-refractivity contribution >= 4 is 28.4 Å². The Hall–Kier alpha value is -3.31. The van der Waals surface area contributed by atoms with Crippen LogP contribution in [0.1, 0.15) is 21.5 Å². The molecule has 0 aliphatic carbocycles. The summed E-state index contributed by atoms with van der Waals surface area (Å²) in [6.07, 6.45) is 1.80. The third-order valence-electron chi connectivity index (χ3n) is 4.72. The second-order valence-electron chi connectivity index (χ2n) is 6.74. The second kappa shape index (κ2) is 8.37. The predicted octanol–water partition coefficient (Wildman–Crippen LogP) is 4.68. The molecule has 0 saturated heterocycles. The number of ether oxygens (including phenoxy) is 1. The fraction of sp³-hybridized carbons (Fsp3) is 0.130. The average Bonchev–Trinajstić information content (AvgIpc) is 3.14. The average molecular weight is 406 g/mol. The molecule has 5 nitrogen and oxygen atoms in total. The number of methoxy groups -OCH3 is 1. The van der Waals surface area contributed by atoms with Gasteiger partial charge in [0, 0.05) is 22.5 Å². The first kappa shape index (κ1) is 19.0. The van der Waals surface area contributed by atoms with Gasteiger partial charge in [0.05, 0.1) is 25.4 Å². The van der Waals surface area contributed by atoms with Gasteiger partial charge in [-0.15, -0.1) is 0 Å². The minimum Gasteiger partial charge on any atom is -0.497 e. The summed E-state index contributed by atoms with van der Waals surface area (Å²) >= 11 is 6.08. The van der Waals surface area contributed by atoms with Crippen molar-refractivity contribution < 1.29 is 9.53 Å². The lowest BCUT2D eigenvalue weighted by molar-refractivity contribution is 0.0951. The number of carbonyl (C=O) groups excluding carboxylic acids is 1. The molecule has 3 aromatic carbocycles. The van der Waals surface area contributed by atoms with Gasteiger partial charge in [0.2, 0.25) is 0 Å². The van der Waals surface area contributed by atoms with Crippen molar-refractivity contribution in [1.29, 1.82) is 0 Å². The van der Waals surface area contributed by atoms with E-state index < -0.39 is 0 Å². The monoisotopic (exact) mass is 405 g/mol. The lowest BCUT2D eigenvalue weighted by atomic mass is 10.1. The molecule has 1 heterocycles. The summed E-state index contributed by atoms with van der Waals surface area (Å²) in [5.74, 6) is 0.633. The number of halogens is 1. The Bertz CT molecular complexity index is 1170. The molecule has 4 aromatic rings. The zero-order chi connectivity index (χ0) is 20.2. The van der Waals surface area contributed by atoms with Gasteiger partial charge in [0.25, 0.3) is 5.91 Å². The van der Waals surface area contributed by atoms with Crippen LogP contribution in [0.3, 0.4) is 0 Å². The van der Waals surface area contributed by atoms with Crippen LogP contribution in [-0.2, 0) is 13.1 Å². The Kier molecular flexibility index (Phi) is 5.49. The summed E-state index contributed by atoms with van der Waals surface area (Å²) in [6, 6.07) is 20.9. The number of aromatic nitrogens is 2. The molecule has 0 bridgehead atoms. The van der Waals surface area contributed by atoms with Crippen LogP contribution in [-0.4, -0.2) is 22.8 Å². The minimum atomic E-state index is -0.134. The number of nitrogens with zero attached hydrogens (tertiary/aromatic N) is 2. The molecule has 0 radical (unpaired) electrons. The van der Waals surface area contributed by atoms with Gasteiger partial charge < -0.3 is 10.1 Å². The number of hydrogen-bond acceptors (Lipinski definition) is 3. The highest BCUT2D eigenvalue weighted by Crippen LogP contribution is 2.19. The normalized spacial score (nSPS) is 10.8. The molecular weight excluding hydrogens is 386 g/mol. The fourth-order valence-electron chi connectivity index (χ4n) is 3.21. The predicted molar refractivity (Wildman–Crippen MR) is 114 cm³/mol. The number of amides is 1. The SMILES string of the molecule is COc1cccc(CNC(=O)c2ccc3cnn(Cc4cccc(Cl)c4)c3c2)c1. The van der Waals surface area contributed by atoms with Gasteiger partial charge in [-0.2, -0.15) is 5.10 Å². The van der Waals surface area contributed by atoms with E-state index in [2.05, 4.69) is 10.4 Å². The second-order valence-corrected chi connectivity index (χ2v) is 7.18.